The van der Waals surface area contributed by atoms with E-state index >= 15 is 0 Å². The van der Waals surface area contributed by atoms with Gasteiger partial charge in [-0.05, 0) is 24.8 Å². The van der Waals surface area contributed by atoms with Crippen LogP contribution in [0.3, 0.4) is 0 Å². The third kappa shape index (κ3) is 3.37. The van der Waals surface area contributed by atoms with Crippen LogP contribution in [0, 0.1) is 6.92 Å². The number of imidazole rings is 1. The molecule has 1 aliphatic rings. The molecule has 0 atom stereocenters. The van der Waals surface area contributed by atoms with Crippen molar-refractivity contribution in [2.45, 2.75) is 18.5 Å². The number of fused-ring (bicyclic) bond motifs is 1. The number of anilines is 1. The largest absolute Gasteiger partial charge is 0.378 e. The summed E-state index contributed by atoms with van der Waals surface area (Å²) in [6.07, 6.45) is -0.844. The van der Waals surface area contributed by atoms with Gasteiger partial charge in [0.2, 0.25) is 0 Å². The fraction of sp³-hybridized carbons (Fsp3) is 0.389. The van der Waals surface area contributed by atoms with E-state index in [1.807, 2.05) is 25.3 Å². The number of aryl methyl sites for hydroxylation is 1. The standard InChI is InChI=1S/C18H19F2N5OS/c1-11-4-3-5-12-15(11)23-17(16(19)20)25(12)14-10-13(21-18(22-14)27-2)24-6-8-26-9-7-24/h3-5,10,16H,6-9H2,1-2H3. The van der Waals surface area contributed by atoms with Crippen molar-refractivity contribution in [2.75, 3.05) is 37.5 Å². The van der Waals surface area contributed by atoms with Crippen LogP contribution in [0.2, 0.25) is 0 Å². The number of hydrogen-bond donors (Lipinski definition) is 0. The number of hydrogen-bond acceptors (Lipinski definition) is 6. The molecule has 3 heterocycles. The highest BCUT2D eigenvalue weighted by Crippen LogP contribution is 2.30. The van der Waals surface area contributed by atoms with E-state index in [0.717, 1.165) is 5.56 Å². The summed E-state index contributed by atoms with van der Waals surface area (Å²) in [5, 5.41) is 0.531. The zero-order valence-electron chi connectivity index (χ0n) is 15.0. The number of aromatic nitrogens is 4. The highest BCUT2D eigenvalue weighted by Gasteiger charge is 2.23. The summed E-state index contributed by atoms with van der Waals surface area (Å²) >= 11 is 1.38. The van der Waals surface area contributed by atoms with Crippen LogP contribution in [0.4, 0.5) is 14.6 Å². The van der Waals surface area contributed by atoms with Crippen LogP contribution >= 0.6 is 11.8 Å². The maximum Gasteiger partial charge on any atom is 0.296 e. The molecule has 0 aliphatic carbocycles. The Bertz CT molecular complexity index is 972. The number of benzene rings is 1. The van der Waals surface area contributed by atoms with Crippen molar-refractivity contribution in [3.8, 4) is 5.82 Å². The first-order valence-electron chi connectivity index (χ1n) is 8.60. The molecule has 142 valence electrons. The Labute approximate surface area is 159 Å². The summed E-state index contributed by atoms with van der Waals surface area (Å²) in [4.78, 5) is 15.3. The van der Waals surface area contributed by atoms with E-state index in [-0.39, 0.29) is 5.82 Å². The van der Waals surface area contributed by atoms with E-state index in [1.165, 1.54) is 16.3 Å². The van der Waals surface area contributed by atoms with Gasteiger partial charge in [0, 0.05) is 19.2 Å². The van der Waals surface area contributed by atoms with Gasteiger partial charge < -0.3 is 9.64 Å². The molecule has 3 aromatic rings. The van der Waals surface area contributed by atoms with Crippen LogP contribution in [0.15, 0.2) is 29.4 Å². The van der Waals surface area contributed by atoms with E-state index in [4.69, 9.17) is 4.74 Å². The van der Waals surface area contributed by atoms with Crippen LogP contribution in [0.25, 0.3) is 16.9 Å². The first kappa shape index (κ1) is 18.1. The summed E-state index contributed by atoms with van der Waals surface area (Å²) in [5.41, 5.74) is 2.02. The van der Waals surface area contributed by atoms with Crippen LogP contribution < -0.4 is 4.90 Å². The summed E-state index contributed by atoms with van der Waals surface area (Å²) in [5.74, 6) is 0.805. The Kier molecular flexibility index (Phi) is 4.96. The van der Waals surface area contributed by atoms with Crippen molar-refractivity contribution in [1.29, 1.82) is 0 Å². The number of nitrogens with zero attached hydrogens (tertiary/aromatic N) is 5. The lowest BCUT2D eigenvalue weighted by atomic mass is 10.2. The van der Waals surface area contributed by atoms with Gasteiger partial charge in [-0.1, -0.05) is 23.9 Å². The second kappa shape index (κ2) is 7.40. The Hall–Kier alpha value is -2.26. The van der Waals surface area contributed by atoms with E-state index in [2.05, 4.69) is 19.9 Å². The van der Waals surface area contributed by atoms with Gasteiger partial charge in [-0.25, -0.2) is 23.7 Å². The number of thioether (sulfide) groups is 1. The van der Waals surface area contributed by atoms with Gasteiger partial charge in [-0.15, -0.1) is 0 Å². The molecular formula is C18H19F2N5OS. The molecule has 2 aromatic heterocycles. The van der Waals surface area contributed by atoms with Gasteiger partial charge in [0.15, 0.2) is 11.0 Å². The van der Waals surface area contributed by atoms with E-state index in [1.54, 1.807) is 12.1 Å². The van der Waals surface area contributed by atoms with Crippen LogP contribution in [0.5, 0.6) is 0 Å². The molecule has 1 fully saturated rings. The van der Waals surface area contributed by atoms with Gasteiger partial charge in [0.25, 0.3) is 6.43 Å². The van der Waals surface area contributed by atoms with Crippen molar-refractivity contribution in [2.24, 2.45) is 0 Å². The second-order valence-electron chi connectivity index (χ2n) is 6.22. The lowest BCUT2D eigenvalue weighted by molar-refractivity contribution is 0.122. The maximum absolute atomic E-state index is 13.8. The maximum atomic E-state index is 13.8. The van der Waals surface area contributed by atoms with Gasteiger partial charge in [-0.2, -0.15) is 0 Å². The molecule has 0 unspecified atom stereocenters. The molecular weight excluding hydrogens is 372 g/mol. The average Bonchev–Trinajstić information content (AvgIpc) is 3.09. The van der Waals surface area contributed by atoms with Gasteiger partial charge in [0.05, 0.1) is 24.2 Å². The molecule has 1 aliphatic heterocycles. The molecule has 0 radical (unpaired) electrons. The molecule has 1 saturated heterocycles. The molecule has 0 bridgehead atoms. The van der Waals surface area contributed by atoms with E-state index in [9.17, 15) is 8.78 Å². The third-order valence-corrected chi connectivity index (χ3v) is 5.08. The van der Waals surface area contributed by atoms with Crippen molar-refractivity contribution < 1.29 is 13.5 Å². The summed E-state index contributed by atoms with van der Waals surface area (Å²) in [7, 11) is 0. The Balaban J connectivity index is 1.92. The van der Waals surface area contributed by atoms with E-state index in [0.29, 0.717) is 54.1 Å². The Morgan fingerprint density at radius 3 is 2.56 bits per heavy atom. The quantitative estimate of drug-likeness (QED) is 0.500. The highest BCUT2D eigenvalue weighted by atomic mass is 32.2. The molecule has 0 N–H and O–H groups in total. The van der Waals surface area contributed by atoms with Crippen LogP contribution in [-0.4, -0.2) is 52.1 Å². The molecule has 0 spiro atoms. The summed E-state index contributed by atoms with van der Waals surface area (Å²) in [6.45, 7) is 4.50. The van der Waals surface area contributed by atoms with Gasteiger partial charge in [0.1, 0.15) is 11.6 Å². The number of para-hydroxylation sites is 1. The van der Waals surface area contributed by atoms with Crippen LogP contribution in [0.1, 0.15) is 17.8 Å². The molecule has 4 rings (SSSR count). The monoisotopic (exact) mass is 391 g/mol. The number of rotatable bonds is 4. The molecule has 27 heavy (non-hydrogen) atoms. The van der Waals surface area contributed by atoms with Gasteiger partial charge >= 0.3 is 0 Å². The highest BCUT2D eigenvalue weighted by molar-refractivity contribution is 7.98. The number of morpholine rings is 1. The van der Waals surface area contributed by atoms with Crippen molar-refractivity contribution in [3.63, 3.8) is 0 Å². The molecule has 1 aromatic carbocycles. The lowest BCUT2D eigenvalue weighted by Gasteiger charge is -2.28. The topological polar surface area (TPSA) is 56.1 Å². The lowest BCUT2D eigenvalue weighted by Crippen LogP contribution is -2.37. The predicted molar refractivity (Wildman–Crippen MR) is 101 cm³/mol. The third-order valence-electron chi connectivity index (χ3n) is 4.53. The van der Waals surface area contributed by atoms with Crippen LogP contribution in [-0.2, 0) is 4.74 Å². The molecule has 9 heteroatoms. The number of halogens is 2. The Morgan fingerprint density at radius 1 is 1.11 bits per heavy atom. The average molecular weight is 391 g/mol. The minimum atomic E-state index is -2.71. The molecule has 0 amide bonds. The first-order chi connectivity index (χ1) is 13.1. The fourth-order valence-corrected chi connectivity index (χ4v) is 3.58. The molecule has 0 saturated carbocycles. The first-order valence-corrected chi connectivity index (χ1v) is 9.83. The van der Waals surface area contributed by atoms with E-state index < -0.39 is 6.43 Å². The normalized spacial score (nSPS) is 15.1. The number of ether oxygens (including phenoxy) is 1. The minimum absolute atomic E-state index is 0.307. The zero-order chi connectivity index (χ0) is 19.0. The smallest absolute Gasteiger partial charge is 0.296 e. The van der Waals surface area contributed by atoms with Crippen molar-refractivity contribution >= 4 is 28.6 Å². The fourth-order valence-electron chi connectivity index (χ4n) is 3.21. The SMILES string of the molecule is CSc1nc(N2CCOCC2)cc(-n2c(C(F)F)nc3c(C)cccc32)n1. The van der Waals surface area contributed by atoms with Crippen molar-refractivity contribution in [1.82, 2.24) is 19.5 Å². The second-order valence-corrected chi connectivity index (χ2v) is 6.99. The summed E-state index contributed by atoms with van der Waals surface area (Å²) < 4.78 is 34.4. The van der Waals surface area contributed by atoms with Crippen molar-refractivity contribution in [3.05, 3.63) is 35.7 Å². The zero-order valence-corrected chi connectivity index (χ0v) is 15.8. The minimum Gasteiger partial charge on any atom is -0.378 e. The summed E-state index contributed by atoms with van der Waals surface area (Å²) in [6, 6.07) is 7.24. The Morgan fingerprint density at radius 2 is 1.85 bits per heavy atom. The number of alkyl halides is 2. The predicted octanol–water partition coefficient (Wildman–Crippen LogP) is 3.62. The molecule has 6 nitrogen and oxygen atoms in total. The van der Waals surface area contributed by atoms with Gasteiger partial charge in [-0.3, -0.25) is 4.57 Å².